The fourth-order valence-corrected chi connectivity index (χ4v) is 5.72. The van der Waals surface area contributed by atoms with Crippen LogP contribution in [0, 0.1) is 10.8 Å². The maximum Gasteiger partial charge on any atom is 0.0367 e. The van der Waals surface area contributed by atoms with Crippen molar-refractivity contribution in [3.8, 4) is 0 Å². The van der Waals surface area contributed by atoms with E-state index in [9.17, 15) is 0 Å². The first-order chi connectivity index (χ1) is 10.3. The number of hydrogen-bond acceptors (Lipinski definition) is 3. The standard InChI is InChI=1S/C19H30N2S/c1-18(2)14-19(3,4)17(18)21-12-10-20(11-13-21)15-6-8-16(22-5)9-7-15/h6-9,17H,10-14H2,1-5H3. The van der Waals surface area contributed by atoms with Gasteiger partial charge in [0, 0.05) is 42.8 Å². The second kappa shape index (κ2) is 5.76. The number of nitrogens with zero attached hydrogens (tertiary/aromatic N) is 2. The largest absolute Gasteiger partial charge is 0.369 e. The molecule has 22 heavy (non-hydrogen) atoms. The quantitative estimate of drug-likeness (QED) is 0.765. The number of rotatable bonds is 3. The molecule has 0 bridgehead atoms. The summed E-state index contributed by atoms with van der Waals surface area (Å²) in [6.45, 7) is 14.5. The molecule has 0 atom stereocenters. The SMILES string of the molecule is CSc1ccc(N2CCN(C3C(C)(C)CC3(C)C)CC2)cc1. The Balaban J connectivity index is 1.62. The predicted octanol–water partition coefficient (Wildman–Crippen LogP) is 4.36. The molecule has 2 aliphatic rings. The van der Waals surface area contributed by atoms with Gasteiger partial charge in [0.05, 0.1) is 0 Å². The van der Waals surface area contributed by atoms with Gasteiger partial charge in [-0.1, -0.05) is 27.7 Å². The summed E-state index contributed by atoms with van der Waals surface area (Å²) < 4.78 is 0. The summed E-state index contributed by atoms with van der Waals surface area (Å²) >= 11 is 1.81. The van der Waals surface area contributed by atoms with Gasteiger partial charge in [0.15, 0.2) is 0 Å². The molecule has 1 saturated carbocycles. The fraction of sp³-hybridized carbons (Fsp3) is 0.684. The van der Waals surface area contributed by atoms with Crippen LogP contribution < -0.4 is 4.90 Å². The third-order valence-electron chi connectivity index (χ3n) is 5.51. The van der Waals surface area contributed by atoms with Crippen molar-refractivity contribution < 1.29 is 0 Å². The van der Waals surface area contributed by atoms with Gasteiger partial charge in [-0.05, 0) is 47.8 Å². The minimum atomic E-state index is 0.478. The summed E-state index contributed by atoms with van der Waals surface area (Å²) in [6.07, 6.45) is 3.48. The van der Waals surface area contributed by atoms with E-state index in [1.807, 2.05) is 11.8 Å². The highest BCUT2D eigenvalue weighted by molar-refractivity contribution is 7.98. The van der Waals surface area contributed by atoms with E-state index in [4.69, 9.17) is 0 Å². The molecule has 0 radical (unpaired) electrons. The summed E-state index contributed by atoms with van der Waals surface area (Å²) in [5, 5.41) is 0. The van der Waals surface area contributed by atoms with Crippen molar-refractivity contribution in [2.45, 2.75) is 45.1 Å². The van der Waals surface area contributed by atoms with Crippen molar-refractivity contribution in [2.75, 3.05) is 37.3 Å². The van der Waals surface area contributed by atoms with Gasteiger partial charge < -0.3 is 4.90 Å². The zero-order valence-electron chi connectivity index (χ0n) is 14.7. The van der Waals surface area contributed by atoms with Gasteiger partial charge in [-0.3, -0.25) is 4.90 Å². The van der Waals surface area contributed by atoms with Gasteiger partial charge in [0.1, 0.15) is 0 Å². The molecule has 1 aromatic carbocycles. The van der Waals surface area contributed by atoms with E-state index < -0.39 is 0 Å². The molecule has 0 aromatic heterocycles. The third-order valence-corrected chi connectivity index (χ3v) is 6.25. The van der Waals surface area contributed by atoms with Crippen LogP contribution in [0.2, 0.25) is 0 Å². The Morgan fingerprint density at radius 2 is 1.45 bits per heavy atom. The summed E-state index contributed by atoms with van der Waals surface area (Å²) in [7, 11) is 0. The first-order valence-electron chi connectivity index (χ1n) is 8.46. The molecule has 0 spiro atoms. The first-order valence-corrected chi connectivity index (χ1v) is 9.69. The average Bonchev–Trinajstić information content (AvgIpc) is 2.46. The van der Waals surface area contributed by atoms with E-state index >= 15 is 0 Å². The first kappa shape index (κ1) is 16.2. The van der Waals surface area contributed by atoms with Crippen molar-refractivity contribution >= 4 is 17.4 Å². The molecule has 1 aliphatic heterocycles. The molecule has 122 valence electrons. The number of benzene rings is 1. The maximum atomic E-state index is 2.75. The second-order valence-electron chi connectivity index (χ2n) is 8.28. The number of piperazine rings is 1. The van der Waals surface area contributed by atoms with Crippen LogP contribution in [0.4, 0.5) is 5.69 Å². The summed E-state index contributed by atoms with van der Waals surface area (Å²) in [6, 6.07) is 9.77. The summed E-state index contributed by atoms with van der Waals surface area (Å²) in [5.41, 5.74) is 2.33. The van der Waals surface area contributed by atoms with Gasteiger partial charge in [0.2, 0.25) is 0 Å². The second-order valence-corrected chi connectivity index (χ2v) is 9.16. The van der Waals surface area contributed by atoms with E-state index in [0.717, 1.165) is 19.1 Å². The molecule has 1 saturated heterocycles. The van der Waals surface area contributed by atoms with Crippen LogP contribution in [0.3, 0.4) is 0 Å². The average molecular weight is 319 g/mol. The Morgan fingerprint density at radius 3 is 1.91 bits per heavy atom. The topological polar surface area (TPSA) is 6.48 Å². The van der Waals surface area contributed by atoms with E-state index in [1.165, 1.54) is 30.1 Å². The fourth-order valence-electron chi connectivity index (χ4n) is 5.31. The van der Waals surface area contributed by atoms with Crippen molar-refractivity contribution in [1.82, 2.24) is 4.90 Å². The van der Waals surface area contributed by atoms with E-state index in [2.05, 4.69) is 68.0 Å². The van der Waals surface area contributed by atoms with Crippen LogP contribution in [0.1, 0.15) is 34.1 Å². The van der Waals surface area contributed by atoms with Crippen molar-refractivity contribution in [2.24, 2.45) is 10.8 Å². The lowest BCUT2D eigenvalue weighted by molar-refractivity contribution is -0.115. The molecule has 2 fully saturated rings. The van der Waals surface area contributed by atoms with Gasteiger partial charge in [-0.2, -0.15) is 0 Å². The van der Waals surface area contributed by atoms with Crippen LogP contribution in [0.25, 0.3) is 0 Å². The molecule has 1 aromatic rings. The lowest BCUT2D eigenvalue weighted by Gasteiger charge is -2.63. The van der Waals surface area contributed by atoms with Crippen LogP contribution >= 0.6 is 11.8 Å². The summed E-state index contributed by atoms with van der Waals surface area (Å²) in [4.78, 5) is 6.63. The maximum absolute atomic E-state index is 2.75. The Morgan fingerprint density at radius 1 is 0.909 bits per heavy atom. The molecule has 0 amide bonds. The Bertz CT molecular complexity index is 499. The van der Waals surface area contributed by atoms with E-state index in [0.29, 0.717) is 10.8 Å². The number of hydrogen-bond donors (Lipinski definition) is 0. The smallest absolute Gasteiger partial charge is 0.0367 e. The van der Waals surface area contributed by atoms with Crippen molar-refractivity contribution in [3.63, 3.8) is 0 Å². The lowest BCUT2D eigenvalue weighted by atomic mass is 9.51. The molecule has 1 heterocycles. The van der Waals surface area contributed by atoms with Gasteiger partial charge in [-0.25, -0.2) is 0 Å². The molecule has 2 nitrogen and oxygen atoms in total. The highest BCUT2D eigenvalue weighted by atomic mass is 32.2. The van der Waals surface area contributed by atoms with E-state index in [1.54, 1.807) is 0 Å². The number of thioether (sulfide) groups is 1. The zero-order chi connectivity index (χ0) is 16.0. The monoisotopic (exact) mass is 318 g/mol. The van der Waals surface area contributed by atoms with Gasteiger partial charge >= 0.3 is 0 Å². The highest BCUT2D eigenvalue weighted by Gasteiger charge is 2.55. The Kier molecular flexibility index (Phi) is 4.24. The molecule has 0 unspecified atom stereocenters. The van der Waals surface area contributed by atoms with Gasteiger partial charge in [0.25, 0.3) is 0 Å². The molecule has 1 aliphatic carbocycles. The van der Waals surface area contributed by atoms with Crippen LogP contribution in [-0.2, 0) is 0 Å². The predicted molar refractivity (Wildman–Crippen MR) is 98.0 cm³/mol. The van der Waals surface area contributed by atoms with Gasteiger partial charge in [-0.15, -0.1) is 11.8 Å². The lowest BCUT2D eigenvalue weighted by Crippen LogP contribution is -2.66. The highest BCUT2D eigenvalue weighted by Crippen LogP contribution is 2.56. The molecular weight excluding hydrogens is 288 g/mol. The minimum Gasteiger partial charge on any atom is -0.369 e. The normalized spacial score (nSPS) is 25.0. The van der Waals surface area contributed by atoms with Crippen LogP contribution in [-0.4, -0.2) is 43.4 Å². The molecular formula is C19H30N2S. The molecule has 3 heteroatoms. The number of anilines is 1. The Labute approximate surface area is 140 Å². The van der Waals surface area contributed by atoms with Crippen LogP contribution in [0.5, 0.6) is 0 Å². The third kappa shape index (κ3) is 2.90. The van der Waals surface area contributed by atoms with Crippen LogP contribution in [0.15, 0.2) is 29.2 Å². The van der Waals surface area contributed by atoms with Crippen molar-refractivity contribution in [3.05, 3.63) is 24.3 Å². The minimum absolute atomic E-state index is 0.478. The molecule has 3 rings (SSSR count). The van der Waals surface area contributed by atoms with Crippen molar-refractivity contribution in [1.29, 1.82) is 0 Å². The molecule has 0 N–H and O–H groups in total. The Hall–Kier alpha value is -0.670. The zero-order valence-corrected chi connectivity index (χ0v) is 15.5. The summed E-state index contributed by atoms with van der Waals surface area (Å²) in [5.74, 6) is 0. The van der Waals surface area contributed by atoms with E-state index in [-0.39, 0.29) is 0 Å².